The Morgan fingerprint density at radius 1 is 1.00 bits per heavy atom. The number of amides is 1. The lowest BCUT2D eigenvalue weighted by Crippen LogP contribution is -2.29. The summed E-state index contributed by atoms with van der Waals surface area (Å²) in [6, 6.07) is 6.92. The number of halogens is 6. The minimum Gasteiger partial charge on any atom is -0.348 e. The van der Waals surface area contributed by atoms with E-state index in [9.17, 15) is 43.6 Å². The van der Waals surface area contributed by atoms with Crippen LogP contribution in [0.3, 0.4) is 0 Å². The summed E-state index contributed by atoms with van der Waals surface area (Å²) in [5.74, 6) is 2.41. The maximum Gasteiger partial charge on any atom is 0.408 e. The molecule has 0 fully saturated rings. The number of anilines is 1. The number of rotatable bonds is 9. The summed E-state index contributed by atoms with van der Waals surface area (Å²) < 4.78 is 120. The molecule has 0 bridgehead atoms. The molecule has 0 radical (unpaired) electrons. The molecule has 2 heterocycles. The van der Waals surface area contributed by atoms with E-state index in [0.29, 0.717) is 10.7 Å². The van der Waals surface area contributed by atoms with Gasteiger partial charge in [0.15, 0.2) is 15.7 Å². The number of nitrogens with zero attached hydrogens (tertiary/aromatic N) is 3. The first-order valence-electron chi connectivity index (χ1n) is 14.1. The van der Waals surface area contributed by atoms with Crippen LogP contribution in [-0.4, -0.2) is 60.9 Å². The molecule has 4 rings (SSSR count). The Kier molecular flexibility index (Phi) is 10.4. The minimum absolute atomic E-state index is 0.00955. The quantitative estimate of drug-likeness (QED) is 0.169. The lowest BCUT2D eigenvalue weighted by molar-refractivity contribution is -0.141. The number of sulfone groups is 1. The number of pyridine rings is 1. The Morgan fingerprint density at radius 3 is 2.16 bits per heavy atom. The highest BCUT2D eigenvalue weighted by Gasteiger charge is 2.33. The third-order valence-corrected chi connectivity index (χ3v) is 9.99. The van der Waals surface area contributed by atoms with Crippen LogP contribution in [0, 0.1) is 23.5 Å². The zero-order valence-corrected chi connectivity index (χ0v) is 28.9. The molecule has 1 atom stereocenters. The molecule has 2 N–H and O–H groups in total. The van der Waals surface area contributed by atoms with Crippen molar-refractivity contribution in [2.24, 2.45) is 0 Å². The lowest BCUT2D eigenvalue weighted by atomic mass is 9.93. The number of aromatic nitrogens is 3. The predicted octanol–water partition coefficient (Wildman–Crippen LogP) is 5.56. The van der Waals surface area contributed by atoms with Crippen molar-refractivity contribution in [3.63, 3.8) is 0 Å². The molecule has 2 aromatic heterocycles. The lowest BCUT2D eigenvalue weighted by Gasteiger charge is -2.22. The SMILES string of the molecule is CC(=O)N[C@@H](Cc1cc(F)cc(F)c1)c1nc(C#CC(C)(C)S(C)(=O)=O)ccc1-c1ccc(Cl)c2c(NS(C)(=O)=O)nn(CC(F)(F)F)c12. The number of fused-ring (bicyclic) bond motifs is 1. The number of carbonyl (C=O) groups excluding carboxylic acids is 1. The van der Waals surface area contributed by atoms with Crippen LogP contribution in [0.4, 0.5) is 27.8 Å². The summed E-state index contributed by atoms with van der Waals surface area (Å²) in [4.78, 5) is 17.0. The van der Waals surface area contributed by atoms with E-state index in [1.807, 2.05) is 0 Å². The fourth-order valence-corrected chi connectivity index (χ4v) is 5.77. The van der Waals surface area contributed by atoms with E-state index in [0.717, 1.165) is 24.6 Å². The van der Waals surface area contributed by atoms with E-state index in [4.69, 9.17) is 11.6 Å². The van der Waals surface area contributed by atoms with E-state index in [1.54, 1.807) is 0 Å². The smallest absolute Gasteiger partial charge is 0.348 e. The summed E-state index contributed by atoms with van der Waals surface area (Å²) in [6.45, 7) is 2.25. The van der Waals surface area contributed by atoms with Crippen molar-refractivity contribution in [2.45, 2.75) is 50.7 Å². The highest BCUT2D eigenvalue weighted by molar-refractivity contribution is 7.92. The molecule has 0 unspecified atom stereocenters. The molecule has 0 saturated heterocycles. The van der Waals surface area contributed by atoms with Crippen LogP contribution < -0.4 is 10.0 Å². The maximum atomic E-state index is 14.2. The standard InChI is InChI=1S/C31H29ClF5N5O5S2/c1-17(43)38-25(14-18-12-19(33)15-20(34)13-18)27-22(7-6-21(39-27)10-11-30(2,3)48(4,44)45)23-8-9-24(32)26-28(23)42(16-31(35,36)37)40-29(26)41-49(5,46)47/h6-9,12-13,15,25H,14,16H2,1-5H3,(H,38,43)(H,40,41)/t25-/m0/s1. The van der Waals surface area contributed by atoms with Crippen LogP contribution >= 0.6 is 11.6 Å². The Morgan fingerprint density at radius 2 is 1.61 bits per heavy atom. The summed E-state index contributed by atoms with van der Waals surface area (Å²) in [5.41, 5.74) is -0.123. The van der Waals surface area contributed by atoms with E-state index >= 15 is 0 Å². The van der Waals surface area contributed by atoms with E-state index in [2.05, 4.69) is 32.0 Å². The van der Waals surface area contributed by atoms with Crippen molar-refractivity contribution in [3.05, 3.63) is 76.1 Å². The largest absolute Gasteiger partial charge is 0.408 e. The molecule has 1 amide bonds. The van der Waals surface area contributed by atoms with Gasteiger partial charge in [0.1, 0.15) is 28.6 Å². The Bertz CT molecular complexity index is 2230. The molecule has 0 aliphatic carbocycles. The first-order valence-corrected chi connectivity index (χ1v) is 18.3. The molecule has 18 heteroatoms. The van der Waals surface area contributed by atoms with Crippen molar-refractivity contribution in [1.82, 2.24) is 20.1 Å². The van der Waals surface area contributed by atoms with E-state index in [1.165, 1.54) is 45.0 Å². The molecule has 0 saturated carbocycles. The van der Waals surface area contributed by atoms with Crippen molar-refractivity contribution in [2.75, 3.05) is 17.2 Å². The average molecular weight is 746 g/mol. The number of hydrogen-bond donors (Lipinski definition) is 2. The van der Waals surface area contributed by atoms with Gasteiger partial charge in [-0.15, -0.1) is 0 Å². The second-order valence-corrected chi connectivity index (χ2v) is 16.4. The molecule has 49 heavy (non-hydrogen) atoms. The Hall–Kier alpha value is -4.27. The van der Waals surface area contributed by atoms with Crippen molar-refractivity contribution < 1.29 is 43.6 Å². The van der Waals surface area contributed by atoms with Gasteiger partial charge in [0.2, 0.25) is 15.9 Å². The molecule has 262 valence electrons. The number of nitrogens with one attached hydrogen (secondary N) is 2. The normalized spacial score (nSPS) is 13.1. The third-order valence-electron chi connectivity index (χ3n) is 7.16. The topological polar surface area (TPSA) is 140 Å². The summed E-state index contributed by atoms with van der Waals surface area (Å²) in [7, 11) is -7.72. The zero-order valence-electron chi connectivity index (χ0n) is 26.5. The monoisotopic (exact) mass is 745 g/mol. The molecule has 0 aliphatic heterocycles. The first kappa shape index (κ1) is 37.5. The highest BCUT2D eigenvalue weighted by Crippen LogP contribution is 2.41. The van der Waals surface area contributed by atoms with Crippen molar-refractivity contribution in [3.8, 4) is 23.0 Å². The fraction of sp³-hybridized carbons (Fsp3) is 0.323. The Balaban J connectivity index is 2.09. The van der Waals surface area contributed by atoms with Gasteiger partial charge in [0.05, 0.1) is 33.9 Å². The second kappa shape index (κ2) is 13.6. The molecule has 0 aliphatic rings. The molecule has 0 spiro atoms. The molecule has 4 aromatic rings. The van der Waals surface area contributed by atoms with Crippen molar-refractivity contribution in [1.29, 1.82) is 0 Å². The maximum absolute atomic E-state index is 14.2. The van der Waals surface area contributed by atoms with Gasteiger partial charge in [-0.3, -0.25) is 14.2 Å². The van der Waals surface area contributed by atoms with Gasteiger partial charge < -0.3 is 5.32 Å². The van der Waals surface area contributed by atoms with Gasteiger partial charge in [-0.2, -0.15) is 18.3 Å². The van der Waals surface area contributed by atoms with Crippen LogP contribution in [0.15, 0.2) is 42.5 Å². The van der Waals surface area contributed by atoms with Gasteiger partial charge in [0, 0.05) is 30.4 Å². The first-order chi connectivity index (χ1) is 22.4. The number of alkyl halides is 3. The van der Waals surface area contributed by atoms with E-state index in [-0.39, 0.29) is 50.4 Å². The number of hydrogen-bond acceptors (Lipinski definition) is 7. The summed E-state index contributed by atoms with van der Waals surface area (Å²) >= 11 is 6.41. The summed E-state index contributed by atoms with van der Waals surface area (Å²) in [6.07, 6.45) is -3.32. The number of sulfonamides is 1. The van der Waals surface area contributed by atoms with Crippen LogP contribution in [-0.2, 0) is 37.6 Å². The molecular formula is C31H29ClF5N5O5S2. The zero-order chi connectivity index (χ0) is 36.7. The van der Waals surface area contributed by atoms with Gasteiger partial charge in [-0.25, -0.2) is 30.6 Å². The third kappa shape index (κ3) is 9.25. The van der Waals surface area contributed by atoms with Crippen molar-refractivity contribution >= 4 is 54.1 Å². The summed E-state index contributed by atoms with van der Waals surface area (Å²) in [5, 5.41) is 6.21. The second-order valence-electron chi connectivity index (χ2n) is 11.7. The molecular weight excluding hydrogens is 717 g/mol. The number of benzene rings is 2. The van der Waals surface area contributed by atoms with Crippen LogP contribution in [0.2, 0.25) is 5.02 Å². The minimum atomic E-state index is -4.83. The van der Waals surface area contributed by atoms with Gasteiger partial charge in [-0.05, 0) is 62.1 Å². The van der Waals surface area contributed by atoms with Gasteiger partial charge in [0.25, 0.3) is 0 Å². The number of carbonyl (C=O) groups is 1. The Labute approximate surface area is 284 Å². The fourth-order valence-electron chi connectivity index (χ4n) is 4.80. The van der Waals surface area contributed by atoms with Crippen LogP contribution in [0.1, 0.15) is 43.8 Å². The van der Waals surface area contributed by atoms with Gasteiger partial charge in [-0.1, -0.05) is 23.6 Å². The highest BCUT2D eigenvalue weighted by atomic mass is 35.5. The van der Waals surface area contributed by atoms with E-state index < -0.39 is 66.7 Å². The molecule has 2 aromatic carbocycles. The van der Waals surface area contributed by atoms with Gasteiger partial charge >= 0.3 is 6.18 Å². The average Bonchev–Trinajstić information content (AvgIpc) is 3.25. The van der Waals surface area contributed by atoms with Crippen LogP contribution in [0.25, 0.3) is 22.0 Å². The predicted molar refractivity (Wildman–Crippen MR) is 175 cm³/mol. The van der Waals surface area contributed by atoms with Crippen LogP contribution in [0.5, 0.6) is 0 Å². The molecule has 10 nitrogen and oxygen atoms in total.